The van der Waals surface area contributed by atoms with E-state index in [1.807, 2.05) is 13.0 Å². The third kappa shape index (κ3) is 4.45. The summed E-state index contributed by atoms with van der Waals surface area (Å²) in [5, 5.41) is 5.52. The molecule has 114 valence electrons. The van der Waals surface area contributed by atoms with Gasteiger partial charge in [0.25, 0.3) is 0 Å². The van der Waals surface area contributed by atoms with E-state index in [9.17, 15) is 0 Å². The Bertz CT molecular complexity index is 601. The van der Waals surface area contributed by atoms with Gasteiger partial charge < -0.3 is 14.8 Å². The fourth-order valence-electron chi connectivity index (χ4n) is 1.93. The number of halogens is 2. The standard InChI is InChI=1S/C15H17Br2NO2S/c1-3-20-15-12(17)6-10(7-13(15)19-2)8-18-9-14-11(16)4-5-21-14/h4-7,18H,3,8-9H2,1-2H3. The maximum Gasteiger partial charge on any atom is 0.175 e. The van der Waals surface area contributed by atoms with Gasteiger partial charge in [-0.2, -0.15) is 0 Å². The van der Waals surface area contributed by atoms with Gasteiger partial charge in [-0.25, -0.2) is 0 Å². The zero-order valence-corrected chi connectivity index (χ0v) is 15.9. The molecule has 6 heteroatoms. The van der Waals surface area contributed by atoms with Crippen LogP contribution >= 0.6 is 43.2 Å². The summed E-state index contributed by atoms with van der Waals surface area (Å²) in [6.07, 6.45) is 0. The van der Waals surface area contributed by atoms with E-state index in [0.29, 0.717) is 6.61 Å². The monoisotopic (exact) mass is 433 g/mol. The van der Waals surface area contributed by atoms with E-state index in [-0.39, 0.29) is 0 Å². The Morgan fingerprint density at radius 1 is 1.19 bits per heavy atom. The topological polar surface area (TPSA) is 30.5 Å². The van der Waals surface area contributed by atoms with Gasteiger partial charge in [0.2, 0.25) is 0 Å². The van der Waals surface area contributed by atoms with Crippen molar-refractivity contribution in [2.75, 3.05) is 13.7 Å². The first kappa shape index (κ1) is 16.8. The fourth-order valence-corrected chi connectivity index (χ4v) is 4.00. The second kappa shape index (κ2) is 8.17. The minimum atomic E-state index is 0.610. The Hall–Kier alpha value is -0.560. The second-order valence-corrected chi connectivity index (χ2v) is 7.05. The van der Waals surface area contributed by atoms with Crippen LogP contribution in [0, 0.1) is 0 Å². The van der Waals surface area contributed by atoms with Crippen LogP contribution in [0.1, 0.15) is 17.4 Å². The lowest BCUT2D eigenvalue weighted by Gasteiger charge is -2.13. The van der Waals surface area contributed by atoms with E-state index in [2.05, 4.69) is 54.7 Å². The SMILES string of the molecule is CCOc1c(Br)cc(CNCc2sccc2Br)cc1OC. The number of hydrogen-bond donors (Lipinski definition) is 1. The van der Waals surface area contributed by atoms with Crippen molar-refractivity contribution in [2.24, 2.45) is 0 Å². The first-order chi connectivity index (χ1) is 10.2. The highest BCUT2D eigenvalue weighted by molar-refractivity contribution is 9.10. The van der Waals surface area contributed by atoms with Crippen molar-refractivity contribution in [1.82, 2.24) is 5.32 Å². The molecular formula is C15H17Br2NO2S. The Kier molecular flexibility index (Phi) is 6.54. The van der Waals surface area contributed by atoms with Gasteiger partial charge in [0.1, 0.15) is 0 Å². The molecule has 1 heterocycles. The second-order valence-electron chi connectivity index (χ2n) is 4.34. The van der Waals surface area contributed by atoms with E-state index < -0.39 is 0 Å². The van der Waals surface area contributed by atoms with Crippen LogP contribution in [0.2, 0.25) is 0 Å². The highest BCUT2D eigenvalue weighted by atomic mass is 79.9. The molecule has 0 aliphatic rings. The van der Waals surface area contributed by atoms with Gasteiger partial charge in [-0.3, -0.25) is 0 Å². The van der Waals surface area contributed by atoms with Crippen LogP contribution in [0.15, 0.2) is 32.5 Å². The van der Waals surface area contributed by atoms with Gasteiger partial charge in [-0.05, 0) is 67.9 Å². The number of hydrogen-bond acceptors (Lipinski definition) is 4. The van der Waals surface area contributed by atoms with Crippen molar-refractivity contribution in [3.8, 4) is 11.5 Å². The summed E-state index contributed by atoms with van der Waals surface area (Å²) in [5.41, 5.74) is 1.15. The average molecular weight is 435 g/mol. The van der Waals surface area contributed by atoms with Crippen molar-refractivity contribution in [2.45, 2.75) is 20.0 Å². The summed E-state index contributed by atoms with van der Waals surface area (Å²) >= 11 is 8.83. The van der Waals surface area contributed by atoms with Gasteiger partial charge in [-0.1, -0.05) is 0 Å². The van der Waals surface area contributed by atoms with E-state index in [1.54, 1.807) is 18.4 Å². The lowest BCUT2D eigenvalue weighted by molar-refractivity contribution is 0.308. The average Bonchev–Trinajstić information content (AvgIpc) is 2.87. The van der Waals surface area contributed by atoms with Crippen molar-refractivity contribution in [1.29, 1.82) is 0 Å². The normalized spacial score (nSPS) is 10.7. The molecule has 21 heavy (non-hydrogen) atoms. The summed E-state index contributed by atoms with van der Waals surface area (Å²) in [5.74, 6) is 1.50. The summed E-state index contributed by atoms with van der Waals surface area (Å²) in [6, 6.07) is 6.13. The molecule has 3 nitrogen and oxygen atoms in total. The van der Waals surface area contributed by atoms with Crippen LogP contribution in [0.3, 0.4) is 0 Å². The molecule has 2 rings (SSSR count). The van der Waals surface area contributed by atoms with Gasteiger partial charge in [-0.15, -0.1) is 11.3 Å². The number of nitrogens with one attached hydrogen (secondary N) is 1. The van der Waals surface area contributed by atoms with Crippen molar-refractivity contribution in [3.63, 3.8) is 0 Å². The smallest absolute Gasteiger partial charge is 0.175 e. The molecule has 0 bridgehead atoms. The number of rotatable bonds is 7. The van der Waals surface area contributed by atoms with E-state index in [4.69, 9.17) is 9.47 Å². The Balaban J connectivity index is 2.03. The van der Waals surface area contributed by atoms with Crippen molar-refractivity contribution in [3.05, 3.63) is 43.0 Å². The number of thiophene rings is 1. The molecule has 0 aliphatic heterocycles. The number of benzene rings is 1. The number of ether oxygens (including phenoxy) is 2. The fraction of sp³-hybridized carbons (Fsp3) is 0.333. The zero-order chi connectivity index (χ0) is 15.2. The van der Waals surface area contributed by atoms with Gasteiger partial charge in [0.05, 0.1) is 18.2 Å². The Morgan fingerprint density at radius 3 is 2.62 bits per heavy atom. The predicted octanol–water partition coefficient (Wildman–Crippen LogP) is 4.97. The molecule has 0 radical (unpaired) electrons. The molecule has 0 spiro atoms. The maximum atomic E-state index is 5.60. The van der Waals surface area contributed by atoms with Crippen LogP contribution < -0.4 is 14.8 Å². The molecule has 1 aromatic heterocycles. The molecule has 2 aromatic rings. The molecule has 0 saturated heterocycles. The zero-order valence-electron chi connectivity index (χ0n) is 11.9. The summed E-state index contributed by atoms with van der Waals surface area (Å²) < 4.78 is 13.1. The summed E-state index contributed by atoms with van der Waals surface area (Å²) in [4.78, 5) is 1.30. The molecule has 1 N–H and O–H groups in total. The van der Waals surface area contributed by atoms with Crippen molar-refractivity contribution >= 4 is 43.2 Å². The van der Waals surface area contributed by atoms with E-state index in [0.717, 1.165) is 39.1 Å². The quantitative estimate of drug-likeness (QED) is 0.667. The molecule has 0 unspecified atom stereocenters. The van der Waals surface area contributed by atoms with Gasteiger partial charge >= 0.3 is 0 Å². The minimum Gasteiger partial charge on any atom is -0.493 e. The first-order valence-electron chi connectivity index (χ1n) is 6.57. The summed E-state index contributed by atoms with van der Waals surface area (Å²) in [7, 11) is 1.66. The van der Waals surface area contributed by atoms with Crippen LogP contribution in [0.5, 0.6) is 11.5 Å². The lowest BCUT2D eigenvalue weighted by atomic mass is 10.2. The van der Waals surface area contributed by atoms with E-state index in [1.165, 1.54) is 4.88 Å². The lowest BCUT2D eigenvalue weighted by Crippen LogP contribution is -2.12. The van der Waals surface area contributed by atoms with Gasteiger partial charge in [0, 0.05) is 22.4 Å². The Labute approximate surface area is 145 Å². The van der Waals surface area contributed by atoms with Crippen molar-refractivity contribution < 1.29 is 9.47 Å². The van der Waals surface area contributed by atoms with E-state index >= 15 is 0 Å². The third-order valence-corrected chi connectivity index (χ3v) is 5.40. The van der Waals surface area contributed by atoms with Crippen LogP contribution in [0.25, 0.3) is 0 Å². The Morgan fingerprint density at radius 2 is 2.00 bits per heavy atom. The molecular weight excluding hydrogens is 418 g/mol. The van der Waals surface area contributed by atoms with Crippen LogP contribution in [-0.2, 0) is 13.1 Å². The first-order valence-corrected chi connectivity index (χ1v) is 9.04. The maximum absolute atomic E-state index is 5.60. The predicted molar refractivity (Wildman–Crippen MR) is 94.4 cm³/mol. The third-order valence-electron chi connectivity index (χ3n) is 2.88. The largest absolute Gasteiger partial charge is 0.493 e. The van der Waals surface area contributed by atoms with Gasteiger partial charge in [0.15, 0.2) is 11.5 Å². The highest BCUT2D eigenvalue weighted by Crippen LogP contribution is 2.36. The molecule has 0 fully saturated rings. The highest BCUT2D eigenvalue weighted by Gasteiger charge is 2.11. The molecule has 0 aliphatic carbocycles. The minimum absolute atomic E-state index is 0.610. The molecule has 1 aromatic carbocycles. The molecule has 0 amide bonds. The number of methoxy groups -OCH3 is 1. The van der Waals surface area contributed by atoms with Crippen LogP contribution in [-0.4, -0.2) is 13.7 Å². The summed E-state index contributed by atoms with van der Waals surface area (Å²) in [6.45, 7) is 4.18. The molecule has 0 atom stereocenters. The van der Waals surface area contributed by atoms with Crippen LogP contribution in [0.4, 0.5) is 0 Å². The molecule has 0 saturated carbocycles.